The lowest BCUT2D eigenvalue weighted by Crippen LogP contribution is -2.15. The van der Waals surface area contributed by atoms with Gasteiger partial charge in [-0.1, -0.05) is 32.4 Å². The van der Waals surface area contributed by atoms with Gasteiger partial charge in [0, 0.05) is 12.2 Å². The molecule has 96 valence electrons. The lowest BCUT2D eigenvalue weighted by Gasteiger charge is -2.17. The van der Waals surface area contributed by atoms with Crippen molar-refractivity contribution in [3.63, 3.8) is 0 Å². The summed E-state index contributed by atoms with van der Waals surface area (Å²) in [6.07, 6.45) is -2.23. The quantitative estimate of drug-likeness (QED) is 0.802. The van der Waals surface area contributed by atoms with Gasteiger partial charge in [-0.3, -0.25) is 0 Å². The molecule has 0 spiro atoms. The van der Waals surface area contributed by atoms with E-state index < -0.39 is 11.7 Å². The highest BCUT2D eigenvalue weighted by atomic mass is 19.4. The molecule has 1 unspecified atom stereocenters. The predicted molar refractivity (Wildman–Crippen MR) is 64.0 cm³/mol. The molecule has 0 saturated carbocycles. The van der Waals surface area contributed by atoms with E-state index in [4.69, 9.17) is 0 Å². The lowest BCUT2D eigenvalue weighted by molar-refractivity contribution is -0.136. The Morgan fingerprint density at radius 3 is 2.47 bits per heavy atom. The number of para-hydroxylation sites is 1. The molecule has 1 rings (SSSR count). The maximum absolute atomic E-state index is 12.7. The first-order valence-electron chi connectivity index (χ1n) is 5.85. The van der Waals surface area contributed by atoms with Gasteiger partial charge in [-0.15, -0.1) is 0 Å². The van der Waals surface area contributed by atoms with Crippen LogP contribution in [0, 0.1) is 5.92 Å². The highest BCUT2D eigenvalue weighted by Crippen LogP contribution is 2.34. The Balaban J connectivity index is 2.71. The molecule has 1 aromatic carbocycles. The Hall–Kier alpha value is -1.19. The molecule has 0 aromatic heterocycles. The van der Waals surface area contributed by atoms with Gasteiger partial charge in [-0.25, -0.2) is 0 Å². The summed E-state index contributed by atoms with van der Waals surface area (Å²) in [6, 6.07) is 5.60. The van der Waals surface area contributed by atoms with Crippen molar-refractivity contribution < 1.29 is 13.2 Å². The smallest absolute Gasteiger partial charge is 0.384 e. The molecule has 0 amide bonds. The standard InChI is InChI=1S/C13H18F3N/c1-3-6-10(2)9-17-12-8-5-4-7-11(12)13(14,15)16/h4-5,7-8,10,17H,3,6,9H2,1-2H3. The summed E-state index contributed by atoms with van der Waals surface area (Å²) in [5.41, 5.74) is -0.424. The Labute approximate surface area is 100 Å². The molecule has 0 radical (unpaired) electrons. The van der Waals surface area contributed by atoms with Crippen LogP contribution in [0.3, 0.4) is 0 Å². The zero-order valence-corrected chi connectivity index (χ0v) is 10.1. The summed E-state index contributed by atoms with van der Waals surface area (Å²) in [4.78, 5) is 0. The van der Waals surface area contributed by atoms with Crippen molar-refractivity contribution in [2.75, 3.05) is 11.9 Å². The maximum atomic E-state index is 12.7. The first kappa shape index (κ1) is 13.9. The number of hydrogen-bond donors (Lipinski definition) is 1. The molecule has 1 aromatic rings. The second kappa shape index (κ2) is 5.94. The summed E-state index contributed by atoms with van der Waals surface area (Å²) in [6.45, 7) is 4.67. The molecule has 0 bridgehead atoms. The van der Waals surface area contributed by atoms with Crippen LogP contribution in [0.2, 0.25) is 0 Å². The number of nitrogens with one attached hydrogen (secondary N) is 1. The van der Waals surface area contributed by atoms with Crippen molar-refractivity contribution in [3.05, 3.63) is 29.8 Å². The summed E-state index contributed by atoms with van der Waals surface area (Å²) in [5, 5.41) is 2.88. The van der Waals surface area contributed by atoms with Crippen LogP contribution in [0.25, 0.3) is 0 Å². The van der Waals surface area contributed by atoms with E-state index in [2.05, 4.69) is 12.2 Å². The van der Waals surface area contributed by atoms with Gasteiger partial charge in [0.25, 0.3) is 0 Å². The summed E-state index contributed by atoms with van der Waals surface area (Å²) >= 11 is 0. The van der Waals surface area contributed by atoms with Crippen molar-refractivity contribution in [1.29, 1.82) is 0 Å². The van der Waals surface area contributed by atoms with E-state index in [1.54, 1.807) is 6.07 Å². The summed E-state index contributed by atoms with van der Waals surface area (Å²) < 4.78 is 38.0. The topological polar surface area (TPSA) is 12.0 Å². The van der Waals surface area contributed by atoms with E-state index in [9.17, 15) is 13.2 Å². The highest BCUT2D eigenvalue weighted by Gasteiger charge is 2.33. The average molecular weight is 245 g/mol. The second-order valence-electron chi connectivity index (χ2n) is 4.32. The minimum Gasteiger partial charge on any atom is -0.384 e. The van der Waals surface area contributed by atoms with E-state index in [1.807, 2.05) is 6.92 Å². The van der Waals surface area contributed by atoms with Gasteiger partial charge in [0.2, 0.25) is 0 Å². The van der Waals surface area contributed by atoms with E-state index in [0.29, 0.717) is 12.5 Å². The molecule has 1 N–H and O–H groups in total. The number of anilines is 1. The molecule has 17 heavy (non-hydrogen) atoms. The van der Waals surface area contributed by atoms with E-state index in [1.165, 1.54) is 12.1 Å². The first-order chi connectivity index (χ1) is 7.95. The van der Waals surface area contributed by atoms with Crippen LogP contribution in [0.4, 0.5) is 18.9 Å². The van der Waals surface area contributed by atoms with Crippen LogP contribution >= 0.6 is 0 Å². The lowest BCUT2D eigenvalue weighted by atomic mass is 10.1. The number of halogens is 3. The average Bonchev–Trinajstić information content (AvgIpc) is 2.26. The van der Waals surface area contributed by atoms with Crippen LogP contribution in [-0.2, 0) is 6.18 Å². The molecule has 1 nitrogen and oxygen atoms in total. The van der Waals surface area contributed by atoms with Crippen molar-refractivity contribution in [2.24, 2.45) is 5.92 Å². The summed E-state index contributed by atoms with van der Waals surface area (Å²) in [5.74, 6) is 0.376. The largest absolute Gasteiger partial charge is 0.418 e. The monoisotopic (exact) mass is 245 g/mol. The SMILES string of the molecule is CCCC(C)CNc1ccccc1C(F)(F)F. The molecule has 0 aliphatic rings. The minimum atomic E-state index is -4.29. The molecule has 0 aliphatic heterocycles. The van der Waals surface area contributed by atoms with E-state index >= 15 is 0 Å². The maximum Gasteiger partial charge on any atom is 0.418 e. The molecule has 4 heteroatoms. The van der Waals surface area contributed by atoms with Gasteiger partial charge in [-0.05, 0) is 24.5 Å². The van der Waals surface area contributed by atoms with E-state index in [0.717, 1.165) is 18.9 Å². The van der Waals surface area contributed by atoms with Gasteiger partial charge in [0.1, 0.15) is 0 Å². The second-order valence-corrected chi connectivity index (χ2v) is 4.32. The third-order valence-corrected chi connectivity index (χ3v) is 2.65. The molecule has 0 saturated heterocycles. The molecular formula is C13H18F3N. The van der Waals surface area contributed by atoms with Gasteiger partial charge in [-0.2, -0.15) is 13.2 Å². The molecule has 1 atom stereocenters. The zero-order chi connectivity index (χ0) is 12.9. The summed E-state index contributed by atoms with van der Waals surface area (Å²) in [7, 11) is 0. The van der Waals surface area contributed by atoms with Crippen LogP contribution < -0.4 is 5.32 Å². The number of hydrogen-bond acceptors (Lipinski definition) is 1. The van der Waals surface area contributed by atoms with Crippen LogP contribution in [0.15, 0.2) is 24.3 Å². The predicted octanol–water partition coefficient (Wildman–Crippen LogP) is 4.55. The first-order valence-corrected chi connectivity index (χ1v) is 5.85. The number of rotatable bonds is 5. The molecule has 0 aliphatic carbocycles. The Bertz CT molecular complexity index is 347. The van der Waals surface area contributed by atoms with E-state index in [-0.39, 0.29) is 5.69 Å². The van der Waals surface area contributed by atoms with Gasteiger partial charge < -0.3 is 5.32 Å². The number of benzene rings is 1. The zero-order valence-electron chi connectivity index (χ0n) is 10.1. The Kier molecular flexibility index (Phi) is 4.85. The van der Waals surface area contributed by atoms with Gasteiger partial charge in [0.05, 0.1) is 5.56 Å². The minimum absolute atomic E-state index is 0.169. The fraction of sp³-hybridized carbons (Fsp3) is 0.538. The molecular weight excluding hydrogens is 227 g/mol. The fourth-order valence-electron chi connectivity index (χ4n) is 1.76. The van der Waals surface area contributed by atoms with Crippen molar-refractivity contribution in [3.8, 4) is 0 Å². The molecule has 0 fully saturated rings. The Morgan fingerprint density at radius 1 is 1.24 bits per heavy atom. The normalized spacial score (nSPS) is 13.5. The highest BCUT2D eigenvalue weighted by molar-refractivity contribution is 5.52. The van der Waals surface area contributed by atoms with Crippen LogP contribution in [0.5, 0.6) is 0 Å². The van der Waals surface area contributed by atoms with Gasteiger partial charge in [0.15, 0.2) is 0 Å². The molecule has 0 heterocycles. The van der Waals surface area contributed by atoms with Crippen molar-refractivity contribution in [1.82, 2.24) is 0 Å². The third kappa shape index (κ3) is 4.29. The van der Waals surface area contributed by atoms with Crippen LogP contribution in [0.1, 0.15) is 32.3 Å². The van der Waals surface area contributed by atoms with Crippen molar-refractivity contribution in [2.45, 2.75) is 32.9 Å². The fourth-order valence-corrected chi connectivity index (χ4v) is 1.76. The third-order valence-electron chi connectivity index (χ3n) is 2.65. The van der Waals surface area contributed by atoms with Crippen LogP contribution in [-0.4, -0.2) is 6.54 Å². The van der Waals surface area contributed by atoms with Gasteiger partial charge >= 0.3 is 6.18 Å². The van der Waals surface area contributed by atoms with Crippen molar-refractivity contribution >= 4 is 5.69 Å². The Morgan fingerprint density at radius 2 is 1.88 bits per heavy atom. The number of alkyl halides is 3.